The highest BCUT2D eigenvalue weighted by atomic mass is 16.5. The van der Waals surface area contributed by atoms with Crippen LogP contribution in [-0.4, -0.2) is 17.0 Å². The topological polar surface area (TPSA) is 63.6 Å². The SMILES string of the molecule is O=C(O)c1ccc(C#COC(=O)c2ccccc2)cc1. The van der Waals surface area contributed by atoms with Crippen LogP contribution in [0.2, 0.25) is 0 Å². The maximum absolute atomic E-state index is 11.6. The molecule has 4 heteroatoms. The van der Waals surface area contributed by atoms with Crippen molar-refractivity contribution in [1.29, 1.82) is 0 Å². The lowest BCUT2D eigenvalue weighted by molar-refractivity contribution is 0.0683. The molecule has 0 aliphatic rings. The van der Waals surface area contributed by atoms with Crippen LogP contribution in [0.3, 0.4) is 0 Å². The van der Waals surface area contributed by atoms with Crippen molar-refractivity contribution in [2.24, 2.45) is 0 Å². The Morgan fingerprint density at radius 1 is 0.900 bits per heavy atom. The molecule has 0 saturated carbocycles. The summed E-state index contributed by atoms with van der Waals surface area (Å²) in [5, 5.41) is 8.75. The Morgan fingerprint density at radius 3 is 2.15 bits per heavy atom. The first-order chi connectivity index (χ1) is 9.66. The first kappa shape index (κ1) is 13.4. The van der Waals surface area contributed by atoms with Crippen molar-refractivity contribution >= 4 is 11.9 Å². The van der Waals surface area contributed by atoms with E-state index < -0.39 is 11.9 Å². The molecule has 0 saturated heterocycles. The van der Waals surface area contributed by atoms with E-state index >= 15 is 0 Å². The number of benzene rings is 2. The van der Waals surface area contributed by atoms with E-state index in [1.165, 1.54) is 12.1 Å². The largest absolute Gasteiger partial charge is 0.478 e. The van der Waals surface area contributed by atoms with E-state index in [0.29, 0.717) is 11.1 Å². The average molecular weight is 266 g/mol. The molecule has 0 amide bonds. The van der Waals surface area contributed by atoms with Crippen molar-refractivity contribution in [2.45, 2.75) is 0 Å². The van der Waals surface area contributed by atoms with E-state index in [1.807, 2.05) is 0 Å². The Bertz CT molecular complexity index is 676. The first-order valence-electron chi connectivity index (χ1n) is 5.77. The molecule has 0 bridgehead atoms. The molecule has 2 rings (SSSR count). The van der Waals surface area contributed by atoms with Crippen LogP contribution in [0.1, 0.15) is 26.3 Å². The van der Waals surface area contributed by atoms with Crippen LogP contribution in [0, 0.1) is 12.0 Å². The molecule has 20 heavy (non-hydrogen) atoms. The molecule has 0 aliphatic carbocycles. The van der Waals surface area contributed by atoms with Crippen molar-refractivity contribution < 1.29 is 19.4 Å². The quantitative estimate of drug-likeness (QED) is 0.670. The van der Waals surface area contributed by atoms with E-state index in [-0.39, 0.29) is 5.56 Å². The number of aromatic carboxylic acids is 1. The second-order valence-electron chi connectivity index (χ2n) is 3.87. The van der Waals surface area contributed by atoms with Gasteiger partial charge in [0, 0.05) is 5.56 Å². The molecule has 98 valence electrons. The van der Waals surface area contributed by atoms with Crippen LogP contribution in [0.25, 0.3) is 0 Å². The second kappa shape index (κ2) is 6.21. The molecule has 0 spiro atoms. The van der Waals surface area contributed by atoms with Gasteiger partial charge in [0.15, 0.2) is 0 Å². The van der Waals surface area contributed by atoms with Gasteiger partial charge in [-0.1, -0.05) is 18.2 Å². The Labute approximate surface area is 115 Å². The van der Waals surface area contributed by atoms with Gasteiger partial charge in [0.25, 0.3) is 0 Å². The fourth-order valence-corrected chi connectivity index (χ4v) is 1.46. The fraction of sp³-hybridized carbons (Fsp3) is 0. The molecule has 0 aliphatic heterocycles. The molecule has 4 nitrogen and oxygen atoms in total. The maximum Gasteiger partial charge on any atom is 0.352 e. The van der Waals surface area contributed by atoms with Gasteiger partial charge < -0.3 is 9.84 Å². The summed E-state index contributed by atoms with van der Waals surface area (Å²) >= 11 is 0. The first-order valence-corrected chi connectivity index (χ1v) is 5.77. The summed E-state index contributed by atoms with van der Waals surface area (Å²) < 4.78 is 4.79. The van der Waals surface area contributed by atoms with Crippen LogP contribution in [0.4, 0.5) is 0 Å². The van der Waals surface area contributed by atoms with E-state index in [1.54, 1.807) is 42.5 Å². The van der Waals surface area contributed by atoms with Gasteiger partial charge in [-0.05, 0) is 42.3 Å². The molecule has 0 unspecified atom stereocenters. The van der Waals surface area contributed by atoms with Gasteiger partial charge in [-0.25, -0.2) is 9.59 Å². The van der Waals surface area contributed by atoms with Crippen LogP contribution in [0.15, 0.2) is 54.6 Å². The summed E-state index contributed by atoms with van der Waals surface area (Å²) in [6.45, 7) is 0. The Balaban J connectivity index is 2.01. The molecule has 0 aromatic heterocycles. The molecule has 1 N–H and O–H groups in total. The molecule has 0 radical (unpaired) electrons. The van der Waals surface area contributed by atoms with Crippen molar-refractivity contribution in [3.05, 3.63) is 71.3 Å². The predicted molar refractivity (Wildman–Crippen MR) is 72.1 cm³/mol. The Kier molecular flexibility index (Phi) is 4.15. The number of hydrogen-bond acceptors (Lipinski definition) is 3. The number of hydrogen-bond donors (Lipinski definition) is 1. The number of carboxylic acid groups (broad SMARTS) is 1. The summed E-state index contributed by atoms with van der Waals surface area (Å²) in [5.74, 6) is 1.10. The van der Waals surface area contributed by atoms with Gasteiger partial charge in [0.2, 0.25) is 0 Å². The minimum absolute atomic E-state index is 0.178. The van der Waals surface area contributed by atoms with Gasteiger partial charge in [0.05, 0.1) is 11.1 Å². The minimum Gasteiger partial charge on any atom is -0.478 e. The molecule has 0 atom stereocenters. The lowest BCUT2D eigenvalue weighted by atomic mass is 10.1. The lowest BCUT2D eigenvalue weighted by Crippen LogP contribution is -2.00. The van der Waals surface area contributed by atoms with Gasteiger partial charge in [-0.15, -0.1) is 0 Å². The summed E-state index contributed by atoms with van der Waals surface area (Å²) in [6, 6.07) is 14.5. The second-order valence-corrected chi connectivity index (χ2v) is 3.87. The van der Waals surface area contributed by atoms with E-state index in [2.05, 4.69) is 12.0 Å². The lowest BCUT2D eigenvalue weighted by Gasteiger charge is -1.95. The van der Waals surface area contributed by atoms with Crippen molar-refractivity contribution in [3.63, 3.8) is 0 Å². The number of carbonyl (C=O) groups excluding carboxylic acids is 1. The van der Waals surface area contributed by atoms with Crippen molar-refractivity contribution in [3.8, 4) is 12.0 Å². The standard InChI is InChI=1S/C16H10O4/c17-15(18)13-8-6-12(7-9-13)10-11-20-16(19)14-4-2-1-3-5-14/h1-9H,(H,17,18). The van der Waals surface area contributed by atoms with Gasteiger partial charge in [-0.3, -0.25) is 0 Å². The third kappa shape index (κ3) is 3.47. The van der Waals surface area contributed by atoms with Gasteiger partial charge in [-0.2, -0.15) is 0 Å². The normalized spacial score (nSPS) is 9.20. The van der Waals surface area contributed by atoms with Gasteiger partial charge in [0.1, 0.15) is 6.11 Å². The molecule has 2 aromatic rings. The highest BCUT2D eigenvalue weighted by Crippen LogP contribution is 2.03. The van der Waals surface area contributed by atoms with Crippen LogP contribution >= 0.6 is 0 Å². The predicted octanol–water partition coefficient (Wildman–Crippen LogP) is 2.55. The molecule has 0 heterocycles. The van der Waals surface area contributed by atoms with E-state index in [0.717, 1.165) is 0 Å². The zero-order valence-electron chi connectivity index (χ0n) is 10.4. The Hall–Kier alpha value is -3.06. The van der Waals surface area contributed by atoms with Crippen LogP contribution in [-0.2, 0) is 4.74 Å². The summed E-state index contributed by atoms with van der Waals surface area (Å²) in [7, 11) is 0. The fourth-order valence-electron chi connectivity index (χ4n) is 1.46. The maximum atomic E-state index is 11.6. The summed E-state index contributed by atoms with van der Waals surface area (Å²) in [5.41, 5.74) is 1.16. The molecule has 0 fully saturated rings. The van der Waals surface area contributed by atoms with Crippen LogP contribution < -0.4 is 0 Å². The zero-order valence-corrected chi connectivity index (χ0v) is 10.4. The third-order valence-electron chi connectivity index (χ3n) is 2.48. The van der Waals surface area contributed by atoms with Gasteiger partial charge >= 0.3 is 11.9 Å². The minimum atomic E-state index is -1.000. The number of esters is 1. The highest BCUT2D eigenvalue weighted by molar-refractivity contribution is 5.90. The zero-order chi connectivity index (χ0) is 14.4. The third-order valence-corrected chi connectivity index (χ3v) is 2.48. The number of carbonyl (C=O) groups is 2. The number of carboxylic acids is 1. The van der Waals surface area contributed by atoms with Crippen molar-refractivity contribution in [1.82, 2.24) is 0 Å². The molecule has 2 aromatic carbocycles. The van der Waals surface area contributed by atoms with Crippen LogP contribution in [0.5, 0.6) is 0 Å². The van der Waals surface area contributed by atoms with E-state index in [9.17, 15) is 9.59 Å². The number of rotatable bonds is 2. The molecular formula is C16H10O4. The molecular weight excluding hydrogens is 256 g/mol. The van der Waals surface area contributed by atoms with E-state index in [4.69, 9.17) is 9.84 Å². The average Bonchev–Trinajstić information content (AvgIpc) is 2.48. The summed E-state index contributed by atoms with van der Waals surface area (Å²) in [4.78, 5) is 22.2. The number of ether oxygens (including phenoxy) is 1. The highest BCUT2D eigenvalue weighted by Gasteiger charge is 2.04. The smallest absolute Gasteiger partial charge is 0.352 e. The monoisotopic (exact) mass is 266 g/mol. The summed E-state index contributed by atoms with van der Waals surface area (Å²) in [6.07, 6.45) is 2.30. The Morgan fingerprint density at radius 2 is 1.55 bits per heavy atom. The van der Waals surface area contributed by atoms with Crippen molar-refractivity contribution in [2.75, 3.05) is 0 Å².